The van der Waals surface area contributed by atoms with Gasteiger partial charge in [-0.15, -0.1) is 0 Å². The molecular weight excluding hydrogens is 394 g/mol. The molecule has 2 N–H and O–H groups in total. The SMILES string of the molecule is CN(C)CCN(C(=O)C(=O)Nc1cccc2c(O)cccc12)C1CCS(=O)(=O)C1. The van der Waals surface area contributed by atoms with E-state index in [-0.39, 0.29) is 23.8 Å². The molecule has 1 heterocycles. The van der Waals surface area contributed by atoms with Crippen LogP contribution in [0, 0.1) is 0 Å². The number of nitrogens with zero attached hydrogens (tertiary/aromatic N) is 2. The first kappa shape index (κ1) is 21.1. The van der Waals surface area contributed by atoms with Gasteiger partial charge in [0.05, 0.1) is 11.5 Å². The molecule has 1 unspecified atom stereocenters. The van der Waals surface area contributed by atoms with Crippen molar-refractivity contribution in [3.05, 3.63) is 36.4 Å². The number of aromatic hydroxyl groups is 1. The smallest absolute Gasteiger partial charge is 0.313 e. The summed E-state index contributed by atoms with van der Waals surface area (Å²) in [4.78, 5) is 28.9. The summed E-state index contributed by atoms with van der Waals surface area (Å²) in [5, 5.41) is 13.8. The number of hydrogen-bond acceptors (Lipinski definition) is 6. The number of nitrogens with one attached hydrogen (secondary N) is 1. The molecule has 2 aromatic carbocycles. The van der Waals surface area contributed by atoms with Gasteiger partial charge in [0, 0.05) is 35.6 Å². The molecule has 2 aromatic rings. The first-order chi connectivity index (χ1) is 13.7. The summed E-state index contributed by atoms with van der Waals surface area (Å²) < 4.78 is 23.7. The molecule has 156 valence electrons. The van der Waals surface area contributed by atoms with Gasteiger partial charge >= 0.3 is 11.8 Å². The molecule has 0 saturated carbocycles. The zero-order valence-corrected chi connectivity index (χ0v) is 17.3. The van der Waals surface area contributed by atoms with Crippen LogP contribution in [0.4, 0.5) is 5.69 Å². The van der Waals surface area contributed by atoms with Crippen molar-refractivity contribution in [2.24, 2.45) is 0 Å². The average Bonchev–Trinajstić information content (AvgIpc) is 3.02. The number of hydrogen-bond donors (Lipinski definition) is 2. The van der Waals surface area contributed by atoms with Crippen LogP contribution < -0.4 is 5.32 Å². The maximum atomic E-state index is 12.9. The maximum Gasteiger partial charge on any atom is 0.313 e. The van der Waals surface area contributed by atoms with Crippen LogP contribution in [0.5, 0.6) is 5.75 Å². The van der Waals surface area contributed by atoms with Gasteiger partial charge in [-0.05, 0) is 32.6 Å². The zero-order valence-electron chi connectivity index (χ0n) is 16.5. The lowest BCUT2D eigenvalue weighted by molar-refractivity contribution is -0.144. The first-order valence-electron chi connectivity index (χ1n) is 9.36. The standard InChI is InChI=1S/C20H25N3O5S/c1-22(2)10-11-23(14-9-12-29(27,28)13-14)20(26)19(25)21-17-7-3-6-16-15(17)5-4-8-18(16)24/h3-8,14,24H,9-13H2,1-2H3,(H,21,25). The molecule has 1 fully saturated rings. The number of carbonyl (C=O) groups excluding carboxylic acids is 2. The van der Waals surface area contributed by atoms with E-state index in [1.54, 1.807) is 36.4 Å². The summed E-state index contributed by atoms with van der Waals surface area (Å²) in [5.74, 6) is -1.61. The fourth-order valence-corrected chi connectivity index (χ4v) is 5.22. The average molecular weight is 420 g/mol. The van der Waals surface area contributed by atoms with Gasteiger partial charge in [0.2, 0.25) is 0 Å². The van der Waals surface area contributed by atoms with E-state index < -0.39 is 27.7 Å². The Morgan fingerprint density at radius 2 is 1.79 bits per heavy atom. The van der Waals surface area contributed by atoms with Crippen LogP contribution >= 0.6 is 0 Å². The van der Waals surface area contributed by atoms with Gasteiger partial charge in [0.1, 0.15) is 5.75 Å². The van der Waals surface area contributed by atoms with E-state index >= 15 is 0 Å². The fraction of sp³-hybridized carbons (Fsp3) is 0.400. The first-order valence-corrected chi connectivity index (χ1v) is 11.2. The van der Waals surface area contributed by atoms with Crippen molar-refractivity contribution in [1.82, 2.24) is 9.80 Å². The number of likely N-dealkylation sites (N-methyl/N-ethyl adjacent to an activating group) is 1. The molecule has 0 aromatic heterocycles. The van der Waals surface area contributed by atoms with E-state index in [1.165, 1.54) is 4.90 Å². The Kier molecular flexibility index (Phi) is 6.09. The van der Waals surface area contributed by atoms with Gasteiger partial charge in [-0.2, -0.15) is 0 Å². The van der Waals surface area contributed by atoms with Crippen LogP contribution in [0.25, 0.3) is 10.8 Å². The predicted molar refractivity (Wildman–Crippen MR) is 112 cm³/mol. The molecule has 0 bridgehead atoms. The van der Waals surface area contributed by atoms with Crippen LogP contribution in [0.3, 0.4) is 0 Å². The number of amides is 2. The Bertz CT molecular complexity index is 1040. The van der Waals surface area contributed by atoms with E-state index in [1.807, 2.05) is 19.0 Å². The molecule has 8 nitrogen and oxygen atoms in total. The molecule has 2 amide bonds. The third-order valence-corrected chi connectivity index (χ3v) is 6.79. The normalized spacial score (nSPS) is 18.1. The molecule has 1 aliphatic rings. The zero-order chi connectivity index (χ0) is 21.2. The molecule has 1 saturated heterocycles. The lowest BCUT2D eigenvalue weighted by Gasteiger charge is -2.29. The van der Waals surface area contributed by atoms with Crippen molar-refractivity contribution >= 4 is 38.1 Å². The van der Waals surface area contributed by atoms with Gasteiger partial charge in [-0.3, -0.25) is 9.59 Å². The number of rotatable bonds is 5. The lowest BCUT2D eigenvalue weighted by atomic mass is 10.1. The van der Waals surface area contributed by atoms with Gasteiger partial charge < -0.3 is 20.2 Å². The van der Waals surface area contributed by atoms with Crippen molar-refractivity contribution < 1.29 is 23.1 Å². The van der Waals surface area contributed by atoms with E-state index in [0.29, 0.717) is 29.4 Å². The van der Waals surface area contributed by atoms with Crippen molar-refractivity contribution in [2.75, 3.05) is 44.0 Å². The second kappa shape index (κ2) is 8.38. The topological polar surface area (TPSA) is 107 Å². The number of anilines is 1. The largest absolute Gasteiger partial charge is 0.507 e. The number of carbonyl (C=O) groups is 2. The van der Waals surface area contributed by atoms with Crippen LogP contribution in [-0.2, 0) is 19.4 Å². The lowest BCUT2D eigenvalue weighted by Crippen LogP contribution is -2.48. The summed E-state index contributed by atoms with van der Waals surface area (Å²) in [6, 6.07) is 9.48. The van der Waals surface area contributed by atoms with Crippen LogP contribution in [0.1, 0.15) is 6.42 Å². The second-order valence-electron chi connectivity index (χ2n) is 7.49. The fourth-order valence-electron chi connectivity index (χ4n) is 3.49. The Labute approximate surface area is 170 Å². The molecule has 9 heteroatoms. The molecule has 1 aliphatic heterocycles. The molecule has 0 aliphatic carbocycles. The minimum absolute atomic E-state index is 0.0215. The van der Waals surface area contributed by atoms with E-state index in [4.69, 9.17) is 0 Å². The highest BCUT2D eigenvalue weighted by atomic mass is 32.2. The molecular formula is C20H25N3O5S. The van der Waals surface area contributed by atoms with E-state index in [2.05, 4.69) is 5.32 Å². The maximum absolute atomic E-state index is 12.9. The van der Waals surface area contributed by atoms with Crippen LogP contribution in [-0.4, -0.2) is 79.9 Å². The van der Waals surface area contributed by atoms with Crippen molar-refractivity contribution in [3.63, 3.8) is 0 Å². The highest BCUT2D eigenvalue weighted by Crippen LogP contribution is 2.30. The van der Waals surface area contributed by atoms with Crippen molar-refractivity contribution in [1.29, 1.82) is 0 Å². The molecule has 29 heavy (non-hydrogen) atoms. The van der Waals surface area contributed by atoms with Crippen LogP contribution in [0.15, 0.2) is 36.4 Å². The predicted octanol–water partition coefficient (Wildman–Crippen LogP) is 1.06. The van der Waals surface area contributed by atoms with Gasteiger partial charge in [-0.25, -0.2) is 8.42 Å². The van der Waals surface area contributed by atoms with Crippen molar-refractivity contribution in [2.45, 2.75) is 12.5 Å². The summed E-state index contributed by atoms with van der Waals surface area (Å²) >= 11 is 0. The molecule has 0 radical (unpaired) electrons. The summed E-state index contributed by atoms with van der Waals surface area (Å²) in [6.45, 7) is 0.771. The highest BCUT2D eigenvalue weighted by Gasteiger charge is 2.36. The Hall–Kier alpha value is -2.65. The Morgan fingerprint density at radius 1 is 1.10 bits per heavy atom. The third-order valence-electron chi connectivity index (χ3n) is 5.04. The monoisotopic (exact) mass is 419 g/mol. The third kappa shape index (κ3) is 4.86. The second-order valence-corrected chi connectivity index (χ2v) is 9.72. The highest BCUT2D eigenvalue weighted by molar-refractivity contribution is 7.91. The number of fused-ring (bicyclic) bond motifs is 1. The molecule has 3 rings (SSSR count). The van der Waals surface area contributed by atoms with Crippen LogP contribution in [0.2, 0.25) is 0 Å². The van der Waals surface area contributed by atoms with Gasteiger partial charge in [-0.1, -0.05) is 24.3 Å². The summed E-state index contributed by atoms with van der Waals surface area (Å²) in [6.07, 6.45) is 0.330. The van der Waals surface area contributed by atoms with Gasteiger partial charge in [0.25, 0.3) is 0 Å². The number of phenols is 1. The quantitative estimate of drug-likeness (QED) is 0.702. The Morgan fingerprint density at radius 3 is 2.45 bits per heavy atom. The van der Waals surface area contributed by atoms with E-state index in [0.717, 1.165) is 0 Å². The summed E-state index contributed by atoms with van der Waals surface area (Å²) in [7, 11) is 0.490. The summed E-state index contributed by atoms with van der Waals surface area (Å²) in [5.41, 5.74) is 0.406. The number of phenolic OH excluding ortho intramolecular Hbond substituents is 1. The molecule has 0 spiro atoms. The minimum atomic E-state index is -3.20. The molecule has 1 atom stereocenters. The number of sulfone groups is 1. The number of benzene rings is 2. The minimum Gasteiger partial charge on any atom is -0.507 e. The van der Waals surface area contributed by atoms with Gasteiger partial charge in [0.15, 0.2) is 9.84 Å². The van der Waals surface area contributed by atoms with E-state index in [9.17, 15) is 23.1 Å². The Balaban J connectivity index is 1.82. The van der Waals surface area contributed by atoms with Crippen molar-refractivity contribution in [3.8, 4) is 5.75 Å².